The summed E-state index contributed by atoms with van der Waals surface area (Å²) >= 11 is 0. The molecule has 112 valence electrons. The highest BCUT2D eigenvalue weighted by Gasteiger charge is 2.28. The van der Waals surface area contributed by atoms with E-state index in [1.807, 2.05) is 0 Å². The molecule has 0 radical (unpaired) electrons. The molecule has 20 heavy (non-hydrogen) atoms. The van der Waals surface area contributed by atoms with Crippen molar-refractivity contribution in [3.05, 3.63) is 34.9 Å². The number of hydrogen-bond donors (Lipinski definition) is 2. The van der Waals surface area contributed by atoms with Crippen molar-refractivity contribution in [3.63, 3.8) is 0 Å². The van der Waals surface area contributed by atoms with Gasteiger partial charge in [-0.15, -0.1) is 0 Å². The Kier molecular flexibility index (Phi) is 5.22. The Bertz CT molecular complexity index is 413. The fourth-order valence-electron chi connectivity index (χ4n) is 3.28. The average molecular weight is 275 g/mol. The van der Waals surface area contributed by atoms with Crippen LogP contribution < -0.4 is 5.32 Å². The van der Waals surface area contributed by atoms with Crippen LogP contribution in [0.1, 0.15) is 68.2 Å². The van der Waals surface area contributed by atoms with Gasteiger partial charge in [0.2, 0.25) is 0 Å². The molecular formula is C18H29NO. The van der Waals surface area contributed by atoms with Gasteiger partial charge in [-0.1, -0.05) is 55.0 Å². The van der Waals surface area contributed by atoms with E-state index in [9.17, 15) is 5.11 Å². The smallest absolute Gasteiger partial charge is 0.0771 e. The van der Waals surface area contributed by atoms with Crippen molar-refractivity contribution < 1.29 is 5.11 Å². The van der Waals surface area contributed by atoms with Gasteiger partial charge in [-0.3, -0.25) is 0 Å². The number of hydrogen-bond acceptors (Lipinski definition) is 2. The second-order valence-electron chi connectivity index (χ2n) is 6.66. The number of rotatable bonds is 4. The highest BCUT2D eigenvalue weighted by molar-refractivity contribution is 5.30. The van der Waals surface area contributed by atoms with Gasteiger partial charge < -0.3 is 10.4 Å². The largest absolute Gasteiger partial charge is 0.389 e. The highest BCUT2D eigenvalue weighted by atomic mass is 16.3. The van der Waals surface area contributed by atoms with Gasteiger partial charge in [-0.2, -0.15) is 0 Å². The molecule has 0 amide bonds. The van der Waals surface area contributed by atoms with Crippen LogP contribution in [0, 0.1) is 13.8 Å². The van der Waals surface area contributed by atoms with E-state index in [2.05, 4.69) is 44.3 Å². The third kappa shape index (κ3) is 4.32. The van der Waals surface area contributed by atoms with Gasteiger partial charge in [0.1, 0.15) is 0 Å². The van der Waals surface area contributed by atoms with Crippen LogP contribution in [0.4, 0.5) is 0 Å². The lowest BCUT2D eigenvalue weighted by molar-refractivity contribution is 0.0231. The maximum atomic E-state index is 10.7. The molecule has 1 aromatic rings. The van der Waals surface area contributed by atoms with E-state index in [0.29, 0.717) is 12.6 Å². The van der Waals surface area contributed by atoms with Crippen molar-refractivity contribution >= 4 is 0 Å². The van der Waals surface area contributed by atoms with Crippen LogP contribution in [0.5, 0.6) is 0 Å². The van der Waals surface area contributed by atoms with E-state index in [0.717, 1.165) is 25.7 Å². The second kappa shape index (κ2) is 6.73. The molecule has 1 fully saturated rings. The molecule has 1 aromatic carbocycles. The van der Waals surface area contributed by atoms with Crippen LogP contribution in [0.2, 0.25) is 0 Å². The van der Waals surface area contributed by atoms with Gasteiger partial charge >= 0.3 is 0 Å². The van der Waals surface area contributed by atoms with Crippen LogP contribution >= 0.6 is 0 Å². The van der Waals surface area contributed by atoms with E-state index in [4.69, 9.17) is 0 Å². The van der Waals surface area contributed by atoms with Crippen molar-refractivity contribution in [3.8, 4) is 0 Å². The third-order valence-corrected chi connectivity index (χ3v) is 4.52. The molecule has 2 N–H and O–H groups in total. The van der Waals surface area contributed by atoms with Crippen LogP contribution in [-0.2, 0) is 0 Å². The van der Waals surface area contributed by atoms with Crippen molar-refractivity contribution in [2.75, 3.05) is 6.54 Å². The molecule has 0 aromatic heterocycles. The van der Waals surface area contributed by atoms with Crippen molar-refractivity contribution in [2.24, 2.45) is 0 Å². The number of benzene rings is 1. The van der Waals surface area contributed by atoms with Crippen molar-refractivity contribution in [1.29, 1.82) is 0 Å². The summed E-state index contributed by atoms with van der Waals surface area (Å²) in [7, 11) is 0. The van der Waals surface area contributed by atoms with Crippen molar-refractivity contribution in [2.45, 2.75) is 70.9 Å². The van der Waals surface area contributed by atoms with E-state index in [-0.39, 0.29) is 0 Å². The fourth-order valence-corrected chi connectivity index (χ4v) is 3.28. The zero-order valence-electron chi connectivity index (χ0n) is 13.2. The Hall–Kier alpha value is -0.860. The molecule has 1 aliphatic rings. The predicted molar refractivity (Wildman–Crippen MR) is 85.0 cm³/mol. The van der Waals surface area contributed by atoms with Gasteiger partial charge in [0.25, 0.3) is 0 Å². The Labute approximate surface area is 123 Å². The summed E-state index contributed by atoms with van der Waals surface area (Å²) in [6.07, 6.45) is 6.76. The molecule has 1 aliphatic carbocycles. The maximum absolute atomic E-state index is 10.7. The first-order valence-corrected chi connectivity index (χ1v) is 8.02. The first kappa shape index (κ1) is 15.5. The van der Waals surface area contributed by atoms with Gasteiger partial charge in [-0.25, -0.2) is 0 Å². The Morgan fingerprint density at radius 3 is 2.15 bits per heavy atom. The summed E-state index contributed by atoms with van der Waals surface area (Å²) in [6.45, 7) is 7.18. The Balaban J connectivity index is 1.95. The molecule has 1 atom stereocenters. The van der Waals surface area contributed by atoms with Crippen LogP contribution in [0.3, 0.4) is 0 Å². The summed E-state index contributed by atoms with van der Waals surface area (Å²) in [5.41, 5.74) is 3.44. The average Bonchev–Trinajstić information content (AvgIpc) is 2.60. The highest BCUT2D eigenvalue weighted by Crippen LogP contribution is 2.27. The molecule has 0 bridgehead atoms. The molecule has 2 nitrogen and oxygen atoms in total. The minimum absolute atomic E-state index is 0.292. The second-order valence-corrected chi connectivity index (χ2v) is 6.66. The van der Waals surface area contributed by atoms with Crippen LogP contribution in [0.25, 0.3) is 0 Å². The number of aliphatic hydroxyl groups is 1. The fraction of sp³-hybridized carbons (Fsp3) is 0.667. The molecule has 0 heterocycles. The maximum Gasteiger partial charge on any atom is 0.0771 e. The number of aryl methyl sites for hydroxylation is 2. The summed E-state index contributed by atoms with van der Waals surface area (Å²) in [6, 6.07) is 6.97. The molecule has 2 heteroatoms. The summed E-state index contributed by atoms with van der Waals surface area (Å²) in [5, 5.41) is 14.2. The minimum Gasteiger partial charge on any atom is -0.389 e. The van der Waals surface area contributed by atoms with Crippen molar-refractivity contribution in [1.82, 2.24) is 5.32 Å². The quantitative estimate of drug-likeness (QED) is 0.813. The van der Waals surface area contributed by atoms with E-state index >= 15 is 0 Å². The topological polar surface area (TPSA) is 32.3 Å². The van der Waals surface area contributed by atoms with Gasteiger partial charge in [0, 0.05) is 12.6 Å². The van der Waals surface area contributed by atoms with E-state index in [1.54, 1.807) is 0 Å². The van der Waals surface area contributed by atoms with Gasteiger partial charge in [0.15, 0.2) is 0 Å². The molecular weight excluding hydrogens is 246 g/mol. The monoisotopic (exact) mass is 275 g/mol. The standard InChI is InChI=1S/C18H29NO/c1-14-10-15(2)12-17(11-14)16(3)19-13-18(20)8-6-4-5-7-9-18/h10-12,16,19-20H,4-9,13H2,1-3H3. The van der Waals surface area contributed by atoms with E-state index < -0.39 is 5.60 Å². The molecule has 0 saturated heterocycles. The Morgan fingerprint density at radius 1 is 1.05 bits per heavy atom. The lowest BCUT2D eigenvalue weighted by atomic mass is 9.93. The first-order chi connectivity index (χ1) is 9.48. The zero-order valence-corrected chi connectivity index (χ0v) is 13.2. The molecule has 0 aliphatic heterocycles. The van der Waals surface area contributed by atoms with Crippen LogP contribution in [-0.4, -0.2) is 17.3 Å². The van der Waals surface area contributed by atoms with Gasteiger partial charge in [0.05, 0.1) is 5.60 Å². The minimum atomic E-state index is -0.496. The first-order valence-electron chi connectivity index (χ1n) is 8.02. The summed E-state index contributed by atoms with van der Waals surface area (Å²) in [5.74, 6) is 0. The number of nitrogens with one attached hydrogen (secondary N) is 1. The summed E-state index contributed by atoms with van der Waals surface area (Å²) < 4.78 is 0. The SMILES string of the molecule is Cc1cc(C)cc(C(C)NCC2(O)CCCCCC2)c1. The predicted octanol–water partition coefficient (Wildman–Crippen LogP) is 4.04. The van der Waals surface area contributed by atoms with Gasteiger partial charge in [-0.05, 0) is 39.2 Å². The zero-order chi connectivity index (χ0) is 14.6. The molecule has 2 rings (SSSR count). The Morgan fingerprint density at radius 2 is 1.60 bits per heavy atom. The normalized spacial score (nSPS) is 20.4. The molecule has 1 saturated carbocycles. The molecule has 1 unspecified atom stereocenters. The lowest BCUT2D eigenvalue weighted by Crippen LogP contribution is -2.41. The third-order valence-electron chi connectivity index (χ3n) is 4.52. The summed E-state index contributed by atoms with van der Waals surface area (Å²) in [4.78, 5) is 0. The lowest BCUT2D eigenvalue weighted by Gasteiger charge is -2.29. The van der Waals surface area contributed by atoms with E-state index in [1.165, 1.54) is 29.5 Å². The van der Waals surface area contributed by atoms with Crippen LogP contribution in [0.15, 0.2) is 18.2 Å². The molecule has 0 spiro atoms.